The van der Waals surface area contributed by atoms with Gasteiger partial charge >= 0.3 is 0 Å². The van der Waals surface area contributed by atoms with Crippen molar-refractivity contribution in [1.29, 1.82) is 0 Å². The Kier molecular flexibility index (Phi) is 5.73. The summed E-state index contributed by atoms with van der Waals surface area (Å²) in [6.45, 7) is 3.91. The first kappa shape index (κ1) is 15.5. The van der Waals surface area contributed by atoms with E-state index in [0.29, 0.717) is 31.8 Å². The molecule has 1 aliphatic heterocycles. The second kappa shape index (κ2) is 7.77. The Morgan fingerprint density at radius 2 is 2.43 bits per heavy atom. The maximum atomic E-state index is 12.4. The first-order valence-electron chi connectivity index (χ1n) is 7.21. The highest BCUT2D eigenvalue weighted by Crippen LogP contribution is 2.11. The zero-order valence-electron chi connectivity index (χ0n) is 12.2. The van der Waals surface area contributed by atoms with Gasteiger partial charge < -0.3 is 14.7 Å². The van der Waals surface area contributed by atoms with Gasteiger partial charge in [-0.2, -0.15) is 0 Å². The number of aromatic nitrogens is 1. The van der Waals surface area contributed by atoms with E-state index in [9.17, 15) is 4.79 Å². The van der Waals surface area contributed by atoms with Crippen LogP contribution in [0.5, 0.6) is 0 Å². The lowest BCUT2D eigenvalue weighted by Crippen LogP contribution is -2.45. The first-order valence-corrected chi connectivity index (χ1v) is 7.21. The number of pyridine rings is 1. The normalized spacial score (nSPS) is 18.0. The fourth-order valence-electron chi connectivity index (χ4n) is 2.13. The van der Waals surface area contributed by atoms with Crippen LogP contribution >= 0.6 is 0 Å². The zero-order valence-corrected chi connectivity index (χ0v) is 12.2. The van der Waals surface area contributed by atoms with Gasteiger partial charge in [0.2, 0.25) is 0 Å². The van der Waals surface area contributed by atoms with E-state index in [-0.39, 0.29) is 18.6 Å². The van der Waals surface area contributed by atoms with E-state index in [1.165, 1.54) is 0 Å². The van der Waals surface area contributed by atoms with Gasteiger partial charge in [0.15, 0.2) is 0 Å². The quantitative estimate of drug-likeness (QED) is 0.845. The van der Waals surface area contributed by atoms with Crippen LogP contribution in [-0.2, 0) is 4.74 Å². The Morgan fingerprint density at radius 1 is 1.57 bits per heavy atom. The van der Waals surface area contributed by atoms with E-state index in [4.69, 9.17) is 9.84 Å². The Balaban J connectivity index is 2.01. The van der Waals surface area contributed by atoms with Crippen molar-refractivity contribution in [2.75, 3.05) is 26.3 Å². The number of carbonyl (C=O) groups is 1. The molecule has 0 radical (unpaired) electrons. The Morgan fingerprint density at radius 3 is 3.10 bits per heavy atom. The summed E-state index contributed by atoms with van der Waals surface area (Å²) in [6, 6.07) is 3.48. The number of rotatable bonds is 3. The van der Waals surface area contributed by atoms with Gasteiger partial charge in [0.05, 0.1) is 19.3 Å². The maximum Gasteiger partial charge on any atom is 0.272 e. The number of aliphatic hydroxyl groups is 1. The fourth-order valence-corrected chi connectivity index (χ4v) is 2.13. The van der Waals surface area contributed by atoms with Gasteiger partial charge in [-0.05, 0) is 18.6 Å². The SMILES string of the molecule is CCC1CN(C(=O)c2ccc(C#CCCO)cn2)CCO1. The van der Waals surface area contributed by atoms with Crippen molar-refractivity contribution in [3.8, 4) is 11.8 Å². The molecule has 1 N–H and O–H groups in total. The molecule has 1 saturated heterocycles. The summed E-state index contributed by atoms with van der Waals surface area (Å²) in [6.07, 6.45) is 3.05. The van der Waals surface area contributed by atoms with Crippen molar-refractivity contribution < 1.29 is 14.6 Å². The molecule has 0 aromatic carbocycles. The molecule has 0 spiro atoms. The summed E-state index contributed by atoms with van der Waals surface area (Å²) in [5.41, 5.74) is 1.17. The summed E-state index contributed by atoms with van der Waals surface area (Å²) in [4.78, 5) is 18.3. The third-order valence-corrected chi connectivity index (χ3v) is 3.33. The Hall–Kier alpha value is -1.90. The van der Waals surface area contributed by atoms with E-state index in [2.05, 4.69) is 23.7 Å². The minimum atomic E-state index is -0.0633. The molecule has 1 unspecified atom stereocenters. The summed E-state index contributed by atoms with van der Waals surface area (Å²) >= 11 is 0. The van der Waals surface area contributed by atoms with Gasteiger partial charge in [0.25, 0.3) is 5.91 Å². The van der Waals surface area contributed by atoms with E-state index in [0.717, 1.165) is 12.0 Å². The second-order valence-corrected chi connectivity index (χ2v) is 4.86. The molecule has 2 rings (SSSR count). The molecule has 5 heteroatoms. The predicted octanol–water partition coefficient (Wildman–Crippen LogP) is 1.07. The average molecular weight is 288 g/mol. The number of hydrogen-bond donors (Lipinski definition) is 1. The Labute approximate surface area is 124 Å². The first-order chi connectivity index (χ1) is 10.2. The van der Waals surface area contributed by atoms with Crippen molar-refractivity contribution in [2.24, 2.45) is 0 Å². The number of morpholine rings is 1. The zero-order chi connectivity index (χ0) is 15.1. The van der Waals surface area contributed by atoms with E-state index in [1.807, 2.05) is 0 Å². The number of ether oxygens (including phenoxy) is 1. The molecule has 112 valence electrons. The van der Waals surface area contributed by atoms with Crippen LogP contribution in [0.2, 0.25) is 0 Å². The number of nitrogens with zero attached hydrogens (tertiary/aromatic N) is 2. The standard InChI is InChI=1S/C16H20N2O3/c1-2-14-12-18(8-10-21-14)16(20)15-7-6-13(11-17-15)5-3-4-9-19/h6-7,11,14,19H,2,4,8-10,12H2,1H3. The molecule has 0 saturated carbocycles. The van der Waals surface area contributed by atoms with Gasteiger partial charge in [-0.3, -0.25) is 4.79 Å². The van der Waals surface area contributed by atoms with Crippen LogP contribution in [0.25, 0.3) is 0 Å². The van der Waals surface area contributed by atoms with E-state index >= 15 is 0 Å². The van der Waals surface area contributed by atoms with Gasteiger partial charge in [0, 0.05) is 31.3 Å². The Bertz CT molecular complexity index is 531. The molecule has 1 atom stereocenters. The smallest absolute Gasteiger partial charge is 0.272 e. The van der Waals surface area contributed by atoms with Crippen molar-refractivity contribution in [2.45, 2.75) is 25.9 Å². The highest BCUT2D eigenvalue weighted by atomic mass is 16.5. The molecular formula is C16H20N2O3. The maximum absolute atomic E-state index is 12.4. The molecule has 0 bridgehead atoms. The molecule has 1 aromatic heterocycles. The summed E-state index contributed by atoms with van der Waals surface area (Å²) < 4.78 is 5.56. The van der Waals surface area contributed by atoms with Crippen LogP contribution in [-0.4, -0.2) is 53.3 Å². The summed E-state index contributed by atoms with van der Waals surface area (Å²) in [5, 5.41) is 8.67. The lowest BCUT2D eigenvalue weighted by atomic mass is 10.2. The molecule has 1 amide bonds. The van der Waals surface area contributed by atoms with Crippen LogP contribution in [0.4, 0.5) is 0 Å². The third kappa shape index (κ3) is 4.28. The molecule has 1 aromatic rings. The van der Waals surface area contributed by atoms with E-state index in [1.54, 1.807) is 23.2 Å². The minimum Gasteiger partial charge on any atom is -0.395 e. The monoisotopic (exact) mass is 288 g/mol. The molecule has 1 fully saturated rings. The van der Waals surface area contributed by atoms with Crippen LogP contribution in [0, 0.1) is 11.8 Å². The third-order valence-electron chi connectivity index (χ3n) is 3.33. The van der Waals surface area contributed by atoms with Gasteiger partial charge in [-0.25, -0.2) is 4.98 Å². The lowest BCUT2D eigenvalue weighted by Gasteiger charge is -2.32. The average Bonchev–Trinajstić information content (AvgIpc) is 2.55. The van der Waals surface area contributed by atoms with Crippen LogP contribution in [0.3, 0.4) is 0 Å². The van der Waals surface area contributed by atoms with Crippen LogP contribution < -0.4 is 0 Å². The predicted molar refractivity (Wildman–Crippen MR) is 78.8 cm³/mol. The lowest BCUT2D eigenvalue weighted by molar-refractivity contribution is -0.0228. The van der Waals surface area contributed by atoms with Gasteiger partial charge in [-0.1, -0.05) is 18.8 Å². The summed E-state index contributed by atoms with van der Waals surface area (Å²) in [7, 11) is 0. The number of amides is 1. The summed E-state index contributed by atoms with van der Waals surface area (Å²) in [5.74, 6) is 5.65. The van der Waals surface area contributed by atoms with E-state index < -0.39 is 0 Å². The van der Waals surface area contributed by atoms with Crippen molar-refractivity contribution in [3.63, 3.8) is 0 Å². The van der Waals surface area contributed by atoms with Crippen LogP contribution in [0.15, 0.2) is 18.3 Å². The highest BCUT2D eigenvalue weighted by Gasteiger charge is 2.24. The largest absolute Gasteiger partial charge is 0.395 e. The number of carbonyl (C=O) groups excluding carboxylic acids is 1. The highest BCUT2D eigenvalue weighted by molar-refractivity contribution is 5.92. The fraction of sp³-hybridized carbons (Fsp3) is 0.500. The molecule has 5 nitrogen and oxygen atoms in total. The molecule has 0 aliphatic carbocycles. The second-order valence-electron chi connectivity index (χ2n) is 4.86. The van der Waals surface area contributed by atoms with Gasteiger partial charge in [0.1, 0.15) is 5.69 Å². The number of aliphatic hydroxyl groups excluding tert-OH is 1. The van der Waals surface area contributed by atoms with Crippen molar-refractivity contribution in [1.82, 2.24) is 9.88 Å². The molecule has 2 heterocycles. The van der Waals surface area contributed by atoms with Crippen LogP contribution in [0.1, 0.15) is 35.8 Å². The minimum absolute atomic E-state index is 0.0482. The van der Waals surface area contributed by atoms with Gasteiger partial charge in [-0.15, -0.1) is 0 Å². The topological polar surface area (TPSA) is 62.7 Å². The number of hydrogen-bond acceptors (Lipinski definition) is 4. The van der Waals surface area contributed by atoms with Crippen molar-refractivity contribution >= 4 is 5.91 Å². The molecule has 1 aliphatic rings. The molecular weight excluding hydrogens is 268 g/mol. The van der Waals surface area contributed by atoms with Crippen molar-refractivity contribution in [3.05, 3.63) is 29.6 Å². The molecule has 21 heavy (non-hydrogen) atoms.